The number of rotatable bonds is 2. The van der Waals surface area contributed by atoms with Gasteiger partial charge in [-0.1, -0.05) is 52.3 Å². The highest BCUT2D eigenvalue weighted by Gasteiger charge is 2.56. The Hall–Kier alpha value is -0.383. The summed E-state index contributed by atoms with van der Waals surface area (Å²) >= 11 is 0. The van der Waals surface area contributed by atoms with Crippen LogP contribution in [0.25, 0.3) is 0 Å². The Morgan fingerprint density at radius 1 is 1.24 bits per heavy atom. The van der Waals surface area contributed by atoms with E-state index in [-0.39, 0.29) is 22.7 Å². The van der Waals surface area contributed by atoms with E-state index < -0.39 is 8.32 Å². The van der Waals surface area contributed by atoms with Gasteiger partial charge in [0.25, 0.3) is 0 Å². The topological polar surface area (TPSA) is 29.5 Å². The number of hydrogen-bond donors (Lipinski definition) is 1. The van der Waals surface area contributed by atoms with E-state index in [1.54, 1.807) is 0 Å². The van der Waals surface area contributed by atoms with Gasteiger partial charge in [0.1, 0.15) is 0 Å². The van der Waals surface area contributed by atoms with Crippen LogP contribution in [0.2, 0.25) is 18.1 Å². The molecule has 3 heteroatoms. The van der Waals surface area contributed by atoms with Crippen molar-refractivity contribution in [1.82, 2.24) is 0 Å². The van der Waals surface area contributed by atoms with Gasteiger partial charge in [-0.15, -0.1) is 0 Å². The molecule has 3 atom stereocenters. The summed E-state index contributed by atoms with van der Waals surface area (Å²) in [6.07, 6.45) is 11.0. The Labute approximate surface area is 155 Å². The van der Waals surface area contributed by atoms with E-state index in [0.717, 1.165) is 32.1 Å². The summed E-state index contributed by atoms with van der Waals surface area (Å²) in [4.78, 5) is 0. The molecule has 25 heavy (non-hydrogen) atoms. The first-order valence-corrected chi connectivity index (χ1v) is 13.0. The fraction of sp³-hybridized carbons (Fsp3) is 0.818. The van der Waals surface area contributed by atoms with Gasteiger partial charge in [-0.05, 0) is 67.6 Å². The lowest BCUT2D eigenvalue weighted by atomic mass is 9.58. The molecule has 3 rings (SSSR count). The molecule has 0 aromatic carbocycles. The summed E-state index contributed by atoms with van der Waals surface area (Å²) in [5.41, 5.74) is 3.12. The summed E-state index contributed by atoms with van der Waals surface area (Å²) in [6.45, 7) is 16.5. The fourth-order valence-corrected chi connectivity index (χ4v) is 6.58. The minimum Gasteiger partial charge on any atom is -0.413 e. The molecule has 1 fully saturated rings. The van der Waals surface area contributed by atoms with Crippen LogP contribution in [0.3, 0.4) is 0 Å². The molecular formula is C22H38O2Si. The molecule has 3 aliphatic carbocycles. The first-order chi connectivity index (χ1) is 11.4. The van der Waals surface area contributed by atoms with Crippen molar-refractivity contribution < 1.29 is 9.53 Å². The van der Waals surface area contributed by atoms with E-state index in [9.17, 15) is 5.11 Å². The van der Waals surface area contributed by atoms with E-state index in [1.165, 1.54) is 17.6 Å². The summed E-state index contributed by atoms with van der Waals surface area (Å²) in [7, 11) is -1.83. The zero-order chi connectivity index (χ0) is 18.7. The van der Waals surface area contributed by atoms with Gasteiger partial charge in [-0.3, -0.25) is 0 Å². The lowest BCUT2D eigenvalue weighted by Gasteiger charge is -2.53. The molecule has 1 saturated carbocycles. The molecule has 0 heterocycles. The predicted molar refractivity (Wildman–Crippen MR) is 108 cm³/mol. The van der Waals surface area contributed by atoms with Gasteiger partial charge >= 0.3 is 0 Å². The normalized spacial score (nSPS) is 35.4. The van der Waals surface area contributed by atoms with Gasteiger partial charge in [0.15, 0.2) is 8.32 Å². The molecule has 0 aromatic rings. The highest BCUT2D eigenvalue weighted by Crippen LogP contribution is 2.61. The van der Waals surface area contributed by atoms with Crippen LogP contribution in [0.5, 0.6) is 0 Å². The molecular weight excluding hydrogens is 324 g/mol. The van der Waals surface area contributed by atoms with Crippen LogP contribution >= 0.6 is 0 Å². The van der Waals surface area contributed by atoms with Crippen LogP contribution in [0.4, 0.5) is 0 Å². The SMILES string of the molecule is CC1(C)CC[C@H](O[Si](C)(C)C(C)(C)C)[C@]2(C[C@@H](O)C3=C2CCC=C3)C1. The second-order valence-electron chi connectivity index (χ2n) is 11.0. The number of hydrogen-bond acceptors (Lipinski definition) is 2. The van der Waals surface area contributed by atoms with Crippen molar-refractivity contribution in [2.24, 2.45) is 10.8 Å². The summed E-state index contributed by atoms with van der Waals surface area (Å²) in [6, 6.07) is 0. The van der Waals surface area contributed by atoms with Crippen molar-refractivity contribution in [1.29, 1.82) is 0 Å². The molecule has 2 nitrogen and oxygen atoms in total. The van der Waals surface area contributed by atoms with Gasteiger partial charge in [-0.25, -0.2) is 0 Å². The Kier molecular flexibility index (Phi) is 4.70. The van der Waals surface area contributed by atoms with Crippen molar-refractivity contribution in [2.45, 2.75) is 103 Å². The Balaban J connectivity index is 2.01. The van der Waals surface area contributed by atoms with Crippen LogP contribution in [-0.2, 0) is 4.43 Å². The molecule has 1 spiro atoms. The highest BCUT2D eigenvalue weighted by molar-refractivity contribution is 6.74. The van der Waals surface area contributed by atoms with Crippen molar-refractivity contribution in [3.8, 4) is 0 Å². The third-order valence-electron chi connectivity index (χ3n) is 7.46. The van der Waals surface area contributed by atoms with Gasteiger partial charge < -0.3 is 9.53 Å². The number of aliphatic hydroxyl groups excluding tert-OH is 1. The fourth-order valence-electron chi connectivity index (χ4n) is 5.17. The smallest absolute Gasteiger partial charge is 0.192 e. The molecule has 0 unspecified atom stereocenters. The monoisotopic (exact) mass is 362 g/mol. The quantitative estimate of drug-likeness (QED) is 0.612. The highest BCUT2D eigenvalue weighted by atomic mass is 28.4. The van der Waals surface area contributed by atoms with Crippen LogP contribution in [0, 0.1) is 10.8 Å². The molecule has 0 aliphatic heterocycles. The standard InChI is InChI=1S/C22H38O2Si/c1-20(2,3)25(6,7)24-19-12-13-21(4,5)15-22(19)14-18(23)16-10-8-9-11-17(16)22/h8,10,18-19,23H,9,11-15H2,1-7H3/t18-,19+,22-/m1/s1. The lowest BCUT2D eigenvalue weighted by Crippen LogP contribution is -2.53. The van der Waals surface area contributed by atoms with Gasteiger partial charge in [0.05, 0.1) is 12.2 Å². The zero-order valence-electron chi connectivity index (χ0n) is 17.4. The Bertz CT molecular complexity index is 594. The van der Waals surface area contributed by atoms with Gasteiger partial charge in [0.2, 0.25) is 0 Å². The predicted octanol–water partition coefficient (Wildman–Crippen LogP) is 5.98. The van der Waals surface area contributed by atoms with Crippen LogP contribution < -0.4 is 0 Å². The van der Waals surface area contributed by atoms with Crippen molar-refractivity contribution in [3.63, 3.8) is 0 Å². The maximum absolute atomic E-state index is 10.8. The summed E-state index contributed by atoms with van der Waals surface area (Å²) < 4.78 is 7.04. The van der Waals surface area contributed by atoms with E-state index in [1.807, 2.05) is 0 Å². The molecule has 1 N–H and O–H groups in total. The average molecular weight is 363 g/mol. The second kappa shape index (κ2) is 6.07. The van der Waals surface area contributed by atoms with Crippen molar-refractivity contribution >= 4 is 8.32 Å². The molecule has 142 valence electrons. The number of aliphatic hydroxyl groups is 1. The third kappa shape index (κ3) is 3.32. The minimum absolute atomic E-state index is 0.0524. The number of allylic oxidation sites excluding steroid dienone is 1. The maximum atomic E-state index is 10.8. The number of fused-ring (bicyclic) bond motifs is 1. The molecule has 0 saturated heterocycles. The van der Waals surface area contributed by atoms with Crippen LogP contribution in [0.1, 0.15) is 73.1 Å². The molecule has 0 bridgehead atoms. The largest absolute Gasteiger partial charge is 0.413 e. The lowest BCUT2D eigenvalue weighted by molar-refractivity contribution is -0.0351. The van der Waals surface area contributed by atoms with E-state index >= 15 is 0 Å². The Morgan fingerprint density at radius 2 is 1.92 bits per heavy atom. The maximum Gasteiger partial charge on any atom is 0.192 e. The summed E-state index contributed by atoms with van der Waals surface area (Å²) in [5.74, 6) is 0. The molecule has 0 amide bonds. The zero-order valence-corrected chi connectivity index (χ0v) is 18.4. The first kappa shape index (κ1) is 19.4. The van der Waals surface area contributed by atoms with Crippen molar-refractivity contribution in [3.05, 3.63) is 23.3 Å². The third-order valence-corrected chi connectivity index (χ3v) is 11.9. The van der Waals surface area contributed by atoms with Crippen LogP contribution in [-0.4, -0.2) is 25.6 Å². The molecule has 0 radical (unpaired) electrons. The van der Waals surface area contributed by atoms with E-state index in [0.29, 0.717) is 5.41 Å². The summed E-state index contributed by atoms with van der Waals surface area (Å²) in [5, 5.41) is 11.1. The molecule has 3 aliphatic rings. The van der Waals surface area contributed by atoms with Gasteiger partial charge in [0, 0.05) is 5.41 Å². The first-order valence-electron chi connectivity index (χ1n) is 10.1. The average Bonchev–Trinajstić information content (AvgIpc) is 2.74. The minimum atomic E-state index is -1.83. The molecule has 0 aromatic heterocycles. The van der Waals surface area contributed by atoms with E-state index in [2.05, 4.69) is 59.9 Å². The van der Waals surface area contributed by atoms with E-state index in [4.69, 9.17) is 4.43 Å². The van der Waals surface area contributed by atoms with Gasteiger partial charge in [-0.2, -0.15) is 0 Å². The van der Waals surface area contributed by atoms with Crippen molar-refractivity contribution in [2.75, 3.05) is 0 Å². The van der Waals surface area contributed by atoms with Crippen LogP contribution in [0.15, 0.2) is 23.3 Å². The Morgan fingerprint density at radius 3 is 2.56 bits per heavy atom. The second-order valence-corrected chi connectivity index (χ2v) is 15.8.